The minimum Gasteiger partial charge on any atom is -0.477 e. The first kappa shape index (κ1) is 15.0. The normalized spacial score (nSPS) is 21.9. The molecule has 0 aliphatic heterocycles. The number of rotatable bonds is 7. The number of allylic oxidation sites excluding steroid dienone is 2. The third-order valence-electron chi connectivity index (χ3n) is 3.94. The number of hydrogen-bond donors (Lipinski definition) is 1. The molecule has 2 rings (SSSR count). The van der Waals surface area contributed by atoms with Crippen LogP contribution in [0.15, 0.2) is 30.5 Å². The molecule has 110 valence electrons. The van der Waals surface area contributed by atoms with E-state index in [1.54, 1.807) is 0 Å². The van der Waals surface area contributed by atoms with Crippen LogP contribution in [0.4, 0.5) is 0 Å². The first-order valence-corrected chi connectivity index (χ1v) is 7.73. The van der Waals surface area contributed by atoms with Crippen LogP contribution in [0.3, 0.4) is 0 Å². The van der Waals surface area contributed by atoms with E-state index in [1.807, 2.05) is 12.3 Å². The highest BCUT2D eigenvalue weighted by Crippen LogP contribution is 2.26. The molecule has 0 bridgehead atoms. The van der Waals surface area contributed by atoms with Crippen LogP contribution in [0.25, 0.3) is 0 Å². The monoisotopic (exact) mass is 274 g/mol. The second-order valence-electron chi connectivity index (χ2n) is 5.64. The Morgan fingerprint density at radius 2 is 2.20 bits per heavy atom. The Morgan fingerprint density at radius 1 is 1.35 bits per heavy atom. The van der Waals surface area contributed by atoms with Crippen LogP contribution in [-0.4, -0.2) is 18.1 Å². The molecule has 1 N–H and O–H groups in total. The summed E-state index contributed by atoms with van der Waals surface area (Å²) in [6, 6.07) is 4.07. The van der Waals surface area contributed by atoms with Crippen LogP contribution in [0, 0.1) is 11.8 Å². The van der Waals surface area contributed by atoms with Crippen molar-refractivity contribution in [2.75, 3.05) is 13.2 Å². The van der Waals surface area contributed by atoms with E-state index in [1.165, 1.54) is 6.42 Å². The van der Waals surface area contributed by atoms with Crippen LogP contribution in [0.2, 0.25) is 0 Å². The van der Waals surface area contributed by atoms with Crippen LogP contribution in [-0.2, 0) is 6.54 Å². The summed E-state index contributed by atoms with van der Waals surface area (Å²) in [5.74, 6) is 2.10. The molecule has 1 aromatic rings. The Kier molecular flexibility index (Phi) is 6.06. The van der Waals surface area contributed by atoms with E-state index >= 15 is 0 Å². The first-order valence-electron chi connectivity index (χ1n) is 7.73. The van der Waals surface area contributed by atoms with Crippen molar-refractivity contribution in [1.29, 1.82) is 0 Å². The average molecular weight is 274 g/mol. The Hall–Kier alpha value is -1.35. The Balaban J connectivity index is 1.89. The molecule has 0 amide bonds. The lowest BCUT2D eigenvalue weighted by Gasteiger charge is -2.25. The molecule has 2 unspecified atom stereocenters. The Morgan fingerprint density at radius 3 is 3.00 bits per heavy atom. The molecule has 0 saturated carbocycles. The predicted molar refractivity (Wildman–Crippen MR) is 82.8 cm³/mol. The topological polar surface area (TPSA) is 34.2 Å². The standard InChI is InChI=1S/C17H26N2O/c1-3-10-18-12-15-9-6-11-19-17(15)20-13-16-8-5-4-7-14(16)2/h4-6,9,11,14,16,18H,3,7-8,10,12-13H2,1-2H3. The second-order valence-corrected chi connectivity index (χ2v) is 5.64. The quantitative estimate of drug-likeness (QED) is 0.610. The van der Waals surface area contributed by atoms with E-state index in [0.29, 0.717) is 11.8 Å². The van der Waals surface area contributed by atoms with Gasteiger partial charge in [0.1, 0.15) is 0 Å². The van der Waals surface area contributed by atoms with Gasteiger partial charge in [-0.15, -0.1) is 0 Å². The number of hydrogen-bond acceptors (Lipinski definition) is 3. The van der Waals surface area contributed by atoms with Gasteiger partial charge in [-0.3, -0.25) is 0 Å². The zero-order valence-corrected chi connectivity index (χ0v) is 12.6. The average Bonchev–Trinajstić information content (AvgIpc) is 2.48. The van der Waals surface area contributed by atoms with Gasteiger partial charge in [0.25, 0.3) is 0 Å². The Bertz CT molecular complexity index is 431. The lowest BCUT2D eigenvalue weighted by molar-refractivity contribution is 0.191. The molecule has 0 aromatic carbocycles. The maximum atomic E-state index is 5.99. The van der Waals surface area contributed by atoms with Crippen molar-refractivity contribution >= 4 is 0 Å². The molecule has 2 atom stereocenters. The number of pyridine rings is 1. The number of nitrogens with zero attached hydrogens (tertiary/aromatic N) is 1. The van der Waals surface area contributed by atoms with Crippen molar-refractivity contribution in [3.8, 4) is 5.88 Å². The molecule has 1 aromatic heterocycles. The first-order chi connectivity index (χ1) is 9.81. The fraction of sp³-hybridized carbons (Fsp3) is 0.588. The van der Waals surface area contributed by atoms with E-state index in [4.69, 9.17) is 4.74 Å². The molecular weight excluding hydrogens is 248 g/mol. The fourth-order valence-corrected chi connectivity index (χ4v) is 2.51. The maximum Gasteiger partial charge on any atom is 0.217 e. The SMILES string of the molecule is CCCNCc1cccnc1OCC1CC=CCC1C. The summed E-state index contributed by atoms with van der Waals surface area (Å²) in [4.78, 5) is 4.39. The molecule has 3 heteroatoms. The van der Waals surface area contributed by atoms with Gasteiger partial charge in [-0.2, -0.15) is 0 Å². The Labute approximate surface area is 122 Å². The summed E-state index contributed by atoms with van der Waals surface area (Å²) in [6.07, 6.45) is 9.79. The van der Waals surface area contributed by atoms with Gasteiger partial charge in [0.2, 0.25) is 5.88 Å². The largest absolute Gasteiger partial charge is 0.477 e. The lowest BCUT2D eigenvalue weighted by Crippen LogP contribution is -2.22. The highest BCUT2D eigenvalue weighted by atomic mass is 16.5. The summed E-state index contributed by atoms with van der Waals surface area (Å²) < 4.78 is 5.99. The molecule has 0 saturated heterocycles. The van der Waals surface area contributed by atoms with E-state index < -0.39 is 0 Å². The second kappa shape index (κ2) is 8.05. The molecule has 0 fully saturated rings. The zero-order chi connectivity index (χ0) is 14.2. The third-order valence-corrected chi connectivity index (χ3v) is 3.94. The lowest BCUT2D eigenvalue weighted by atomic mass is 9.85. The van der Waals surface area contributed by atoms with E-state index in [0.717, 1.165) is 44.0 Å². The van der Waals surface area contributed by atoms with Gasteiger partial charge in [-0.05, 0) is 43.7 Å². The van der Waals surface area contributed by atoms with Crippen LogP contribution >= 0.6 is 0 Å². The third kappa shape index (κ3) is 4.34. The fourth-order valence-electron chi connectivity index (χ4n) is 2.51. The van der Waals surface area contributed by atoms with Gasteiger partial charge < -0.3 is 10.1 Å². The summed E-state index contributed by atoms with van der Waals surface area (Å²) >= 11 is 0. The minimum atomic E-state index is 0.610. The molecule has 3 nitrogen and oxygen atoms in total. The van der Waals surface area contributed by atoms with Crippen molar-refractivity contribution in [3.05, 3.63) is 36.0 Å². The molecule has 0 radical (unpaired) electrons. The predicted octanol–water partition coefficient (Wildman–Crippen LogP) is 3.56. The summed E-state index contributed by atoms with van der Waals surface area (Å²) in [5.41, 5.74) is 1.15. The van der Waals surface area contributed by atoms with Gasteiger partial charge in [0.15, 0.2) is 0 Å². The van der Waals surface area contributed by atoms with Crippen molar-refractivity contribution in [2.45, 2.75) is 39.7 Å². The van der Waals surface area contributed by atoms with Crippen LogP contribution < -0.4 is 10.1 Å². The van der Waals surface area contributed by atoms with E-state index in [-0.39, 0.29) is 0 Å². The minimum absolute atomic E-state index is 0.610. The molecule has 0 spiro atoms. The molecule has 1 heterocycles. The van der Waals surface area contributed by atoms with E-state index in [9.17, 15) is 0 Å². The van der Waals surface area contributed by atoms with Crippen LogP contribution in [0.5, 0.6) is 5.88 Å². The highest BCUT2D eigenvalue weighted by Gasteiger charge is 2.19. The van der Waals surface area contributed by atoms with Crippen molar-refractivity contribution < 1.29 is 4.74 Å². The summed E-state index contributed by atoms with van der Waals surface area (Å²) in [5, 5.41) is 3.41. The maximum absolute atomic E-state index is 5.99. The summed E-state index contributed by atoms with van der Waals surface area (Å²) in [6.45, 7) is 7.10. The van der Waals surface area contributed by atoms with Crippen molar-refractivity contribution in [1.82, 2.24) is 10.3 Å². The molecule has 1 aliphatic carbocycles. The van der Waals surface area contributed by atoms with Crippen molar-refractivity contribution in [2.24, 2.45) is 11.8 Å². The number of ether oxygens (including phenoxy) is 1. The van der Waals surface area contributed by atoms with Gasteiger partial charge in [-0.1, -0.05) is 32.1 Å². The van der Waals surface area contributed by atoms with E-state index in [2.05, 4.69) is 42.4 Å². The van der Waals surface area contributed by atoms with Gasteiger partial charge in [-0.25, -0.2) is 4.98 Å². The highest BCUT2D eigenvalue weighted by molar-refractivity contribution is 5.25. The zero-order valence-electron chi connectivity index (χ0n) is 12.6. The number of aromatic nitrogens is 1. The number of nitrogens with one attached hydrogen (secondary N) is 1. The van der Waals surface area contributed by atoms with Crippen molar-refractivity contribution in [3.63, 3.8) is 0 Å². The van der Waals surface area contributed by atoms with Gasteiger partial charge in [0.05, 0.1) is 6.61 Å². The van der Waals surface area contributed by atoms with Gasteiger partial charge >= 0.3 is 0 Å². The molecule has 20 heavy (non-hydrogen) atoms. The molecule has 1 aliphatic rings. The van der Waals surface area contributed by atoms with Crippen LogP contribution in [0.1, 0.15) is 38.7 Å². The smallest absolute Gasteiger partial charge is 0.217 e. The van der Waals surface area contributed by atoms with Gasteiger partial charge in [0, 0.05) is 18.3 Å². The molecular formula is C17H26N2O. The summed E-state index contributed by atoms with van der Waals surface area (Å²) in [7, 11) is 0.